The SMILES string of the molecule is Clc1ccc(C2CC(c3ccc(Oc4ccccc4)cc3)N=N2)cn1. The van der Waals surface area contributed by atoms with Crippen LogP contribution in [-0.2, 0) is 0 Å². The van der Waals surface area contributed by atoms with Gasteiger partial charge in [-0.05, 0) is 41.5 Å². The van der Waals surface area contributed by atoms with Gasteiger partial charge in [-0.1, -0.05) is 48.0 Å². The Labute approximate surface area is 151 Å². The molecule has 0 fully saturated rings. The Morgan fingerprint density at radius 1 is 0.760 bits per heavy atom. The molecule has 0 bridgehead atoms. The van der Waals surface area contributed by atoms with Gasteiger partial charge in [0.25, 0.3) is 0 Å². The van der Waals surface area contributed by atoms with Crippen LogP contribution in [0.25, 0.3) is 0 Å². The Morgan fingerprint density at radius 3 is 2.08 bits per heavy atom. The summed E-state index contributed by atoms with van der Waals surface area (Å²) in [5.74, 6) is 1.63. The van der Waals surface area contributed by atoms with Crippen LogP contribution in [0.4, 0.5) is 0 Å². The summed E-state index contributed by atoms with van der Waals surface area (Å²) in [4.78, 5) is 4.12. The molecule has 0 amide bonds. The molecule has 0 N–H and O–H groups in total. The van der Waals surface area contributed by atoms with Gasteiger partial charge in [0.1, 0.15) is 16.7 Å². The number of ether oxygens (including phenoxy) is 1. The third-order valence-electron chi connectivity index (χ3n) is 4.17. The highest BCUT2D eigenvalue weighted by Gasteiger charge is 2.25. The molecule has 3 aromatic rings. The van der Waals surface area contributed by atoms with Crippen molar-refractivity contribution >= 4 is 11.6 Å². The van der Waals surface area contributed by atoms with Gasteiger partial charge < -0.3 is 4.74 Å². The zero-order valence-corrected chi connectivity index (χ0v) is 14.2. The van der Waals surface area contributed by atoms with Gasteiger partial charge in [-0.3, -0.25) is 0 Å². The second kappa shape index (κ2) is 7.03. The van der Waals surface area contributed by atoms with Crippen molar-refractivity contribution in [3.63, 3.8) is 0 Å². The molecular weight excluding hydrogens is 334 g/mol. The predicted molar refractivity (Wildman–Crippen MR) is 97.2 cm³/mol. The number of para-hydroxylation sites is 1. The van der Waals surface area contributed by atoms with Gasteiger partial charge in [-0.25, -0.2) is 4.98 Å². The Hall–Kier alpha value is -2.72. The van der Waals surface area contributed by atoms with Gasteiger partial charge in [0.15, 0.2) is 0 Å². The minimum absolute atomic E-state index is 0.0370. The van der Waals surface area contributed by atoms with E-state index in [0.29, 0.717) is 5.15 Å². The average Bonchev–Trinajstić information content (AvgIpc) is 3.14. The smallest absolute Gasteiger partial charge is 0.129 e. The normalized spacial score (nSPS) is 19.1. The molecule has 5 heteroatoms. The van der Waals surface area contributed by atoms with E-state index in [-0.39, 0.29) is 12.1 Å². The molecule has 0 saturated heterocycles. The van der Waals surface area contributed by atoms with Crippen molar-refractivity contribution in [2.24, 2.45) is 10.2 Å². The Bertz CT molecular complexity index is 864. The maximum Gasteiger partial charge on any atom is 0.129 e. The molecule has 2 aromatic carbocycles. The fourth-order valence-electron chi connectivity index (χ4n) is 2.84. The van der Waals surface area contributed by atoms with Crippen LogP contribution in [0.15, 0.2) is 83.2 Å². The summed E-state index contributed by atoms with van der Waals surface area (Å²) in [6.07, 6.45) is 2.60. The highest BCUT2D eigenvalue weighted by atomic mass is 35.5. The summed E-state index contributed by atoms with van der Waals surface area (Å²) >= 11 is 5.84. The van der Waals surface area contributed by atoms with Crippen molar-refractivity contribution in [3.05, 3.63) is 89.2 Å². The van der Waals surface area contributed by atoms with E-state index in [1.54, 1.807) is 12.3 Å². The molecule has 4 nitrogen and oxygen atoms in total. The number of halogens is 1. The molecule has 2 heterocycles. The highest BCUT2D eigenvalue weighted by molar-refractivity contribution is 6.29. The van der Waals surface area contributed by atoms with Crippen LogP contribution in [-0.4, -0.2) is 4.98 Å². The molecule has 2 atom stereocenters. The maximum atomic E-state index is 5.84. The van der Waals surface area contributed by atoms with E-state index in [2.05, 4.69) is 15.2 Å². The number of benzene rings is 2. The molecule has 1 aliphatic rings. The first-order valence-electron chi connectivity index (χ1n) is 8.12. The van der Waals surface area contributed by atoms with E-state index in [1.807, 2.05) is 60.7 Å². The average molecular weight is 350 g/mol. The van der Waals surface area contributed by atoms with Gasteiger partial charge in [-0.15, -0.1) is 0 Å². The maximum absolute atomic E-state index is 5.84. The third-order valence-corrected chi connectivity index (χ3v) is 4.39. The molecule has 0 spiro atoms. The van der Waals surface area contributed by atoms with Crippen LogP contribution in [0, 0.1) is 0 Å². The molecule has 124 valence electrons. The molecule has 1 aromatic heterocycles. The fraction of sp³-hybridized carbons (Fsp3) is 0.150. The van der Waals surface area contributed by atoms with Crippen LogP contribution < -0.4 is 4.74 Å². The largest absolute Gasteiger partial charge is 0.457 e. The van der Waals surface area contributed by atoms with Crippen LogP contribution in [0.1, 0.15) is 29.6 Å². The van der Waals surface area contributed by atoms with E-state index in [1.165, 1.54) is 0 Å². The number of azo groups is 1. The topological polar surface area (TPSA) is 46.8 Å². The summed E-state index contributed by atoms with van der Waals surface area (Å²) in [5.41, 5.74) is 2.17. The van der Waals surface area contributed by atoms with E-state index in [4.69, 9.17) is 16.3 Å². The van der Waals surface area contributed by atoms with Crippen LogP contribution in [0.2, 0.25) is 5.15 Å². The number of aromatic nitrogens is 1. The number of pyridine rings is 1. The Balaban J connectivity index is 1.43. The van der Waals surface area contributed by atoms with Crippen LogP contribution in [0.5, 0.6) is 11.5 Å². The van der Waals surface area contributed by atoms with E-state index in [9.17, 15) is 0 Å². The Kier molecular flexibility index (Phi) is 4.44. The van der Waals surface area contributed by atoms with Crippen molar-refractivity contribution in [1.82, 2.24) is 4.98 Å². The third kappa shape index (κ3) is 3.69. The predicted octanol–water partition coefficient (Wildman–Crippen LogP) is 6.17. The first-order chi connectivity index (χ1) is 12.3. The Morgan fingerprint density at radius 2 is 1.40 bits per heavy atom. The van der Waals surface area contributed by atoms with Crippen molar-refractivity contribution in [2.45, 2.75) is 18.5 Å². The molecule has 25 heavy (non-hydrogen) atoms. The first-order valence-corrected chi connectivity index (χ1v) is 8.50. The molecule has 1 aliphatic heterocycles. The van der Waals surface area contributed by atoms with Crippen molar-refractivity contribution in [1.29, 1.82) is 0 Å². The molecule has 4 rings (SSSR count). The van der Waals surface area contributed by atoms with E-state index < -0.39 is 0 Å². The second-order valence-electron chi connectivity index (χ2n) is 5.90. The van der Waals surface area contributed by atoms with Crippen LogP contribution >= 0.6 is 11.6 Å². The quantitative estimate of drug-likeness (QED) is 0.529. The summed E-state index contributed by atoms with van der Waals surface area (Å²) in [6, 6.07) is 21.6. The molecular formula is C20H16ClN3O. The van der Waals surface area contributed by atoms with Gasteiger partial charge in [0, 0.05) is 12.6 Å². The lowest BCUT2D eigenvalue weighted by molar-refractivity contribution is 0.482. The summed E-state index contributed by atoms with van der Waals surface area (Å²) < 4.78 is 5.82. The van der Waals surface area contributed by atoms with Gasteiger partial charge in [0.2, 0.25) is 0 Å². The van der Waals surface area contributed by atoms with Crippen molar-refractivity contribution in [3.8, 4) is 11.5 Å². The highest BCUT2D eigenvalue weighted by Crippen LogP contribution is 2.39. The van der Waals surface area contributed by atoms with Gasteiger partial charge in [0.05, 0.1) is 12.1 Å². The molecule has 0 aliphatic carbocycles. The zero-order chi connectivity index (χ0) is 17.1. The lowest BCUT2D eigenvalue weighted by atomic mass is 9.98. The van der Waals surface area contributed by atoms with Crippen molar-refractivity contribution < 1.29 is 4.74 Å². The number of hydrogen-bond acceptors (Lipinski definition) is 4. The fourth-order valence-corrected chi connectivity index (χ4v) is 2.95. The minimum atomic E-state index is 0.0370. The zero-order valence-electron chi connectivity index (χ0n) is 13.4. The molecule has 0 radical (unpaired) electrons. The van der Waals surface area contributed by atoms with Crippen molar-refractivity contribution in [2.75, 3.05) is 0 Å². The van der Waals surface area contributed by atoms with Gasteiger partial charge >= 0.3 is 0 Å². The molecule has 2 unspecified atom stereocenters. The van der Waals surface area contributed by atoms with E-state index >= 15 is 0 Å². The summed E-state index contributed by atoms with van der Waals surface area (Å²) in [7, 11) is 0. The van der Waals surface area contributed by atoms with E-state index in [0.717, 1.165) is 29.0 Å². The van der Waals surface area contributed by atoms with Gasteiger partial charge in [-0.2, -0.15) is 10.2 Å². The van der Waals surface area contributed by atoms with Crippen LogP contribution in [0.3, 0.4) is 0 Å². The first kappa shape index (κ1) is 15.8. The minimum Gasteiger partial charge on any atom is -0.457 e. The standard InChI is InChI=1S/C20H16ClN3O/c21-20-11-8-15(13-22-20)19-12-18(23-24-19)14-6-9-17(10-7-14)25-16-4-2-1-3-5-16/h1-11,13,18-19H,12H2. The number of rotatable bonds is 4. The summed E-state index contributed by atoms with van der Waals surface area (Å²) in [6.45, 7) is 0. The number of nitrogens with zero attached hydrogens (tertiary/aromatic N) is 3. The monoisotopic (exact) mass is 349 g/mol. The summed E-state index contributed by atoms with van der Waals surface area (Å²) in [5, 5.41) is 9.31. The molecule has 0 saturated carbocycles. The number of hydrogen-bond donors (Lipinski definition) is 0. The second-order valence-corrected chi connectivity index (χ2v) is 6.28. The lowest BCUT2D eigenvalue weighted by Crippen LogP contribution is -1.97. The lowest BCUT2D eigenvalue weighted by Gasteiger charge is -2.10.